The number of nitrogens with zero attached hydrogens (tertiary/aromatic N) is 1. The minimum atomic E-state index is -0.614. The minimum absolute atomic E-state index is 0.0890. The summed E-state index contributed by atoms with van der Waals surface area (Å²) in [6.45, 7) is 7.33. The van der Waals surface area contributed by atoms with Crippen molar-refractivity contribution in [1.82, 2.24) is 4.90 Å². The zero-order valence-electron chi connectivity index (χ0n) is 8.28. The molecule has 1 heterocycles. The molecule has 0 aromatic heterocycles. The first-order chi connectivity index (χ1) is 6.56. The summed E-state index contributed by atoms with van der Waals surface area (Å²) in [5, 5.41) is 0. The molecule has 0 radical (unpaired) electrons. The number of carbonyl (C=O) groups excluding carboxylic acids is 2. The van der Waals surface area contributed by atoms with Crippen LogP contribution < -0.4 is 0 Å². The third-order valence-electron chi connectivity index (χ3n) is 1.86. The van der Waals surface area contributed by atoms with Gasteiger partial charge in [0.1, 0.15) is 6.61 Å². The zero-order valence-corrected chi connectivity index (χ0v) is 8.28. The van der Waals surface area contributed by atoms with Crippen molar-refractivity contribution in [3.05, 3.63) is 12.2 Å². The minimum Gasteiger partial charge on any atom is -0.443 e. The molecule has 1 aliphatic rings. The highest BCUT2D eigenvalue weighted by molar-refractivity contribution is 5.87. The van der Waals surface area contributed by atoms with Crippen LogP contribution in [0.5, 0.6) is 0 Å². The van der Waals surface area contributed by atoms with E-state index in [0.717, 1.165) is 0 Å². The smallest absolute Gasteiger partial charge is 0.412 e. The largest absolute Gasteiger partial charge is 0.443 e. The van der Waals surface area contributed by atoms with Crippen LogP contribution in [0.25, 0.3) is 0 Å². The summed E-state index contributed by atoms with van der Waals surface area (Å²) in [6, 6.07) is 0. The van der Waals surface area contributed by atoms with Crippen molar-refractivity contribution in [2.24, 2.45) is 0 Å². The molecule has 1 amide bonds. The molecule has 1 saturated heterocycles. The number of hydrogen-bond acceptors (Lipinski definition) is 4. The molecule has 0 aromatic carbocycles. The van der Waals surface area contributed by atoms with E-state index >= 15 is 0 Å². The summed E-state index contributed by atoms with van der Waals surface area (Å²) in [6.07, 6.45) is -1.07. The first kappa shape index (κ1) is 10.6. The second kappa shape index (κ2) is 4.13. The predicted octanol–water partition coefficient (Wildman–Crippen LogP) is 0.904. The quantitative estimate of drug-likeness (QED) is 0.500. The van der Waals surface area contributed by atoms with E-state index in [-0.39, 0.29) is 6.61 Å². The fourth-order valence-corrected chi connectivity index (χ4v) is 1.09. The molecule has 0 spiro atoms. The summed E-state index contributed by atoms with van der Waals surface area (Å²) in [7, 11) is 0. The Kier molecular flexibility index (Phi) is 3.11. The van der Waals surface area contributed by atoms with Crippen molar-refractivity contribution >= 4 is 12.1 Å². The SMILES string of the molecule is C=C(C)C(=O)OC1COC(=O)N1CC. The highest BCUT2D eigenvalue weighted by atomic mass is 16.6. The van der Waals surface area contributed by atoms with Crippen LogP contribution in [0.4, 0.5) is 4.79 Å². The highest BCUT2D eigenvalue weighted by Crippen LogP contribution is 2.13. The molecular formula is C9H13NO4. The number of likely N-dealkylation sites (N-methyl/N-ethyl adjacent to an activating group) is 1. The fourth-order valence-electron chi connectivity index (χ4n) is 1.09. The van der Waals surface area contributed by atoms with Gasteiger partial charge in [-0.2, -0.15) is 0 Å². The van der Waals surface area contributed by atoms with Crippen LogP contribution in [-0.2, 0) is 14.3 Å². The van der Waals surface area contributed by atoms with Gasteiger partial charge < -0.3 is 9.47 Å². The molecule has 1 fully saturated rings. The topological polar surface area (TPSA) is 55.8 Å². The highest BCUT2D eigenvalue weighted by Gasteiger charge is 2.34. The summed E-state index contributed by atoms with van der Waals surface area (Å²) < 4.78 is 9.72. The lowest BCUT2D eigenvalue weighted by Gasteiger charge is -2.19. The van der Waals surface area contributed by atoms with Crippen LogP contribution in [0.2, 0.25) is 0 Å². The Morgan fingerprint density at radius 2 is 2.43 bits per heavy atom. The van der Waals surface area contributed by atoms with Gasteiger partial charge in [-0.3, -0.25) is 4.90 Å². The van der Waals surface area contributed by atoms with Gasteiger partial charge in [0.2, 0.25) is 6.23 Å². The monoisotopic (exact) mass is 199 g/mol. The number of esters is 1. The lowest BCUT2D eigenvalue weighted by Crippen LogP contribution is -2.36. The van der Waals surface area contributed by atoms with E-state index in [4.69, 9.17) is 9.47 Å². The van der Waals surface area contributed by atoms with Crippen molar-refractivity contribution in [3.8, 4) is 0 Å². The van der Waals surface area contributed by atoms with Crippen molar-refractivity contribution < 1.29 is 19.1 Å². The average Bonchev–Trinajstić information content (AvgIpc) is 2.46. The molecule has 1 aliphatic heterocycles. The number of rotatable bonds is 3. The van der Waals surface area contributed by atoms with Gasteiger partial charge in [0.15, 0.2) is 0 Å². The maximum atomic E-state index is 11.2. The van der Waals surface area contributed by atoms with Gasteiger partial charge >= 0.3 is 12.1 Å². The Bertz CT molecular complexity index is 274. The lowest BCUT2D eigenvalue weighted by molar-refractivity contribution is -0.149. The Balaban J connectivity index is 2.57. The molecule has 78 valence electrons. The molecule has 0 saturated carbocycles. The third kappa shape index (κ3) is 2.04. The number of hydrogen-bond donors (Lipinski definition) is 0. The maximum Gasteiger partial charge on any atom is 0.412 e. The van der Waals surface area contributed by atoms with Crippen molar-refractivity contribution in [2.45, 2.75) is 20.1 Å². The van der Waals surface area contributed by atoms with Gasteiger partial charge in [0, 0.05) is 12.1 Å². The van der Waals surface area contributed by atoms with Crippen LogP contribution >= 0.6 is 0 Å². The Morgan fingerprint density at radius 3 is 2.93 bits per heavy atom. The van der Waals surface area contributed by atoms with Crippen LogP contribution in [0, 0.1) is 0 Å². The third-order valence-corrected chi connectivity index (χ3v) is 1.86. The van der Waals surface area contributed by atoms with E-state index in [1.54, 1.807) is 13.8 Å². The van der Waals surface area contributed by atoms with Crippen molar-refractivity contribution in [1.29, 1.82) is 0 Å². The summed E-state index contributed by atoms with van der Waals surface area (Å²) in [4.78, 5) is 23.6. The Morgan fingerprint density at radius 1 is 1.79 bits per heavy atom. The van der Waals surface area contributed by atoms with E-state index in [2.05, 4.69) is 6.58 Å². The fraction of sp³-hybridized carbons (Fsp3) is 0.556. The Hall–Kier alpha value is -1.52. The molecule has 1 unspecified atom stereocenters. The number of ether oxygens (including phenoxy) is 2. The van der Waals surface area contributed by atoms with E-state index in [1.165, 1.54) is 4.90 Å². The van der Waals surface area contributed by atoms with Gasteiger partial charge in [0.25, 0.3) is 0 Å². The molecule has 1 atom stereocenters. The second-order valence-corrected chi connectivity index (χ2v) is 3.00. The molecule has 5 nitrogen and oxygen atoms in total. The number of cyclic esters (lactones) is 1. The van der Waals surface area contributed by atoms with Crippen LogP contribution in [0.1, 0.15) is 13.8 Å². The summed E-state index contributed by atoms with van der Waals surface area (Å²) in [5.74, 6) is -0.508. The van der Waals surface area contributed by atoms with Crippen LogP contribution in [0.15, 0.2) is 12.2 Å². The molecule has 0 bridgehead atoms. The van der Waals surface area contributed by atoms with Gasteiger partial charge in [-0.1, -0.05) is 6.58 Å². The van der Waals surface area contributed by atoms with Gasteiger partial charge in [0.05, 0.1) is 0 Å². The predicted molar refractivity (Wildman–Crippen MR) is 48.4 cm³/mol. The lowest BCUT2D eigenvalue weighted by atomic mass is 10.3. The normalized spacial score (nSPS) is 20.6. The molecule has 0 N–H and O–H groups in total. The average molecular weight is 199 g/mol. The van der Waals surface area contributed by atoms with Gasteiger partial charge in [-0.05, 0) is 13.8 Å². The van der Waals surface area contributed by atoms with Crippen molar-refractivity contribution in [2.75, 3.05) is 13.2 Å². The Labute approximate surface area is 82.3 Å². The van der Waals surface area contributed by atoms with Gasteiger partial charge in [-0.25, -0.2) is 9.59 Å². The summed E-state index contributed by atoms with van der Waals surface area (Å²) in [5.41, 5.74) is 0.306. The maximum absolute atomic E-state index is 11.2. The molecular weight excluding hydrogens is 186 g/mol. The first-order valence-corrected chi connectivity index (χ1v) is 4.36. The molecule has 0 aromatic rings. The van der Waals surface area contributed by atoms with Crippen LogP contribution in [-0.4, -0.2) is 36.3 Å². The first-order valence-electron chi connectivity index (χ1n) is 4.36. The molecule has 0 aliphatic carbocycles. The molecule has 1 rings (SSSR count). The number of carbonyl (C=O) groups is 2. The van der Waals surface area contributed by atoms with Crippen molar-refractivity contribution in [3.63, 3.8) is 0 Å². The number of amides is 1. The van der Waals surface area contributed by atoms with E-state index in [1.807, 2.05) is 0 Å². The standard InChI is InChI=1S/C9H13NO4/c1-4-10-7(5-13-9(10)12)14-8(11)6(2)3/h7H,2,4-5H2,1,3H3. The second-order valence-electron chi connectivity index (χ2n) is 3.00. The van der Waals surface area contributed by atoms with E-state index in [9.17, 15) is 9.59 Å². The van der Waals surface area contributed by atoms with Gasteiger partial charge in [-0.15, -0.1) is 0 Å². The zero-order chi connectivity index (χ0) is 10.7. The molecule has 5 heteroatoms. The van der Waals surface area contributed by atoms with E-state index in [0.29, 0.717) is 12.1 Å². The summed E-state index contributed by atoms with van der Waals surface area (Å²) >= 11 is 0. The van der Waals surface area contributed by atoms with Crippen LogP contribution in [0.3, 0.4) is 0 Å². The molecule has 14 heavy (non-hydrogen) atoms. The van der Waals surface area contributed by atoms with E-state index < -0.39 is 18.3 Å².